The monoisotopic (exact) mass is 354 g/mol. The van der Waals surface area contributed by atoms with Crippen molar-refractivity contribution in [2.45, 2.75) is 26.6 Å². The highest BCUT2D eigenvalue weighted by Gasteiger charge is 2.33. The highest BCUT2D eigenvalue weighted by molar-refractivity contribution is 5.94. The number of rotatable bonds is 6. The first kappa shape index (κ1) is 18.6. The quantitative estimate of drug-likeness (QED) is 0.554. The van der Waals surface area contributed by atoms with E-state index in [1.807, 2.05) is 13.0 Å². The number of ether oxygens (including phenoxy) is 3. The summed E-state index contributed by atoms with van der Waals surface area (Å²) in [5, 5.41) is 0. The molecule has 2 rings (SSSR count). The molecule has 0 bridgehead atoms. The number of halogens is 3. The van der Waals surface area contributed by atoms with Crippen LogP contribution in [0, 0.1) is 0 Å². The van der Waals surface area contributed by atoms with Gasteiger partial charge in [-0.05, 0) is 37.1 Å². The van der Waals surface area contributed by atoms with Crippen LogP contribution in [0.15, 0.2) is 42.5 Å². The van der Waals surface area contributed by atoms with Crippen LogP contribution < -0.4 is 14.2 Å². The van der Waals surface area contributed by atoms with Gasteiger partial charge in [0.2, 0.25) is 0 Å². The van der Waals surface area contributed by atoms with Gasteiger partial charge in [-0.15, -0.1) is 13.2 Å². The lowest BCUT2D eigenvalue weighted by Gasteiger charge is -2.15. The molecule has 7 heteroatoms. The maximum atomic E-state index is 12.5. The third kappa shape index (κ3) is 4.89. The second-order valence-corrected chi connectivity index (χ2v) is 4.96. The highest BCUT2D eigenvalue weighted by atomic mass is 19.4. The van der Waals surface area contributed by atoms with Crippen LogP contribution in [0.5, 0.6) is 17.2 Å². The third-order valence-corrected chi connectivity index (χ3v) is 3.26. The van der Waals surface area contributed by atoms with Gasteiger partial charge in [-0.3, -0.25) is 0 Å². The van der Waals surface area contributed by atoms with E-state index in [0.717, 1.165) is 11.6 Å². The van der Waals surface area contributed by atoms with Crippen LogP contribution in [0.25, 0.3) is 0 Å². The van der Waals surface area contributed by atoms with Crippen LogP contribution in [0.3, 0.4) is 0 Å². The molecule has 0 aliphatic carbocycles. The summed E-state index contributed by atoms with van der Waals surface area (Å²) in [5.74, 6) is -1.37. The fourth-order valence-electron chi connectivity index (χ4n) is 2.24. The van der Waals surface area contributed by atoms with E-state index in [2.05, 4.69) is 4.74 Å². The number of hydrogen-bond acceptors (Lipinski definition) is 4. The van der Waals surface area contributed by atoms with E-state index in [1.54, 1.807) is 13.0 Å². The zero-order chi connectivity index (χ0) is 18.4. The molecule has 0 aromatic heterocycles. The van der Waals surface area contributed by atoms with Crippen molar-refractivity contribution in [1.29, 1.82) is 0 Å². The van der Waals surface area contributed by atoms with E-state index in [4.69, 9.17) is 9.47 Å². The minimum Gasteiger partial charge on any atom is -0.493 e. The molecule has 4 nitrogen and oxygen atoms in total. The molecule has 0 aliphatic rings. The van der Waals surface area contributed by atoms with Gasteiger partial charge in [0, 0.05) is 0 Å². The van der Waals surface area contributed by atoms with Crippen LogP contribution in [0.1, 0.15) is 29.8 Å². The number of esters is 1. The maximum absolute atomic E-state index is 12.5. The van der Waals surface area contributed by atoms with Gasteiger partial charge in [-0.25, -0.2) is 4.79 Å². The molecule has 134 valence electrons. The standard InChI is InChI=1S/C18H17F3O4/c1-3-12-8-7-9-13(16(12)23-4-2)17(22)24-14-10-5-6-11-15(14)25-18(19,20)21/h5-11H,3-4H2,1-2H3. The van der Waals surface area contributed by atoms with Crippen molar-refractivity contribution < 1.29 is 32.2 Å². The summed E-state index contributed by atoms with van der Waals surface area (Å²) >= 11 is 0. The van der Waals surface area contributed by atoms with Gasteiger partial charge >= 0.3 is 12.3 Å². The van der Waals surface area contributed by atoms with Gasteiger partial charge in [0.1, 0.15) is 11.3 Å². The van der Waals surface area contributed by atoms with E-state index < -0.39 is 18.1 Å². The first-order valence-electron chi connectivity index (χ1n) is 7.67. The fraction of sp³-hybridized carbons (Fsp3) is 0.278. The van der Waals surface area contributed by atoms with Crippen LogP contribution in [0.4, 0.5) is 13.2 Å². The van der Waals surface area contributed by atoms with Gasteiger partial charge in [0.15, 0.2) is 11.5 Å². The SMILES string of the molecule is CCOc1c(CC)cccc1C(=O)Oc1ccccc1OC(F)(F)F. The van der Waals surface area contributed by atoms with Gasteiger partial charge < -0.3 is 14.2 Å². The Morgan fingerprint density at radius 1 is 1.00 bits per heavy atom. The molecule has 0 amide bonds. The summed E-state index contributed by atoms with van der Waals surface area (Å²) in [4.78, 5) is 12.5. The van der Waals surface area contributed by atoms with Gasteiger partial charge in [-0.1, -0.05) is 31.2 Å². The highest BCUT2D eigenvalue weighted by Crippen LogP contribution is 2.33. The summed E-state index contributed by atoms with van der Waals surface area (Å²) in [7, 11) is 0. The number of hydrogen-bond donors (Lipinski definition) is 0. The summed E-state index contributed by atoms with van der Waals surface area (Å²) in [6, 6.07) is 10.1. The number of alkyl halides is 3. The van der Waals surface area contributed by atoms with Crippen molar-refractivity contribution in [2.24, 2.45) is 0 Å². The van der Waals surface area contributed by atoms with Gasteiger partial charge in [0.25, 0.3) is 0 Å². The molecule has 0 heterocycles. The summed E-state index contributed by atoms with van der Waals surface area (Å²) in [5.41, 5.74) is 0.944. The predicted molar refractivity (Wildman–Crippen MR) is 85.1 cm³/mol. The Labute approximate surface area is 143 Å². The fourth-order valence-corrected chi connectivity index (χ4v) is 2.24. The number of benzene rings is 2. The molecule has 0 unspecified atom stereocenters. The Morgan fingerprint density at radius 2 is 1.68 bits per heavy atom. The van der Waals surface area contributed by atoms with E-state index in [0.29, 0.717) is 18.8 Å². The van der Waals surface area contributed by atoms with E-state index in [-0.39, 0.29) is 11.3 Å². The maximum Gasteiger partial charge on any atom is 0.573 e. The van der Waals surface area contributed by atoms with Crippen molar-refractivity contribution in [3.05, 3.63) is 53.6 Å². The van der Waals surface area contributed by atoms with Crippen LogP contribution in [-0.2, 0) is 6.42 Å². The Hall–Kier alpha value is -2.70. The first-order chi connectivity index (χ1) is 11.9. The average molecular weight is 354 g/mol. The largest absolute Gasteiger partial charge is 0.573 e. The second kappa shape index (κ2) is 7.92. The van der Waals surface area contributed by atoms with Crippen LogP contribution >= 0.6 is 0 Å². The Bertz CT molecular complexity index is 741. The van der Waals surface area contributed by atoms with E-state index in [1.165, 1.54) is 24.3 Å². The Kier molecular flexibility index (Phi) is 5.90. The van der Waals surface area contributed by atoms with Crippen molar-refractivity contribution in [1.82, 2.24) is 0 Å². The zero-order valence-electron chi connectivity index (χ0n) is 13.7. The van der Waals surface area contributed by atoms with Gasteiger partial charge in [0.05, 0.1) is 6.61 Å². The van der Waals surface area contributed by atoms with E-state index in [9.17, 15) is 18.0 Å². The third-order valence-electron chi connectivity index (χ3n) is 3.26. The molecule has 0 saturated carbocycles. The normalized spacial score (nSPS) is 11.1. The lowest BCUT2D eigenvalue weighted by Crippen LogP contribution is -2.19. The van der Waals surface area contributed by atoms with Crippen LogP contribution in [0.2, 0.25) is 0 Å². The smallest absolute Gasteiger partial charge is 0.493 e. The van der Waals surface area contributed by atoms with Crippen molar-refractivity contribution in [3.63, 3.8) is 0 Å². The molecule has 25 heavy (non-hydrogen) atoms. The average Bonchev–Trinajstić information content (AvgIpc) is 2.55. The number of carbonyl (C=O) groups is 1. The number of aryl methyl sites for hydroxylation is 1. The lowest BCUT2D eigenvalue weighted by molar-refractivity contribution is -0.275. The molecular formula is C18H17F3O4. The topological polar surface area (TPSA) is 44.8 Å². The lowest BCUT2D eigenvalue weighted by atomic mass is 10.1. The molecule has 0 saturated heterocycles. The Morgan fingerprint density at radius 3 is 2.28 bits per heavy atom. The minimum atomic E-state index is -4.89. The minimum absolute atomic E-state index is 0.142. The van der Waals surface area contributed by atoms with Crippen molar-refractivity contribution >= 4 is 5.97 Å². The molecule has 0 atom stereocenters. The molecule has 0 aliphatic heterocycles. The van der Waals surface area contributed by atoms with Crippen molar-refractivity contribution in [2.75, 3.05) is 6.61 Å². The predicted octanol–water partition coefficient (Wildman–Crippen LogP) is 4.77. The van der Waals surface area contributed by atoms with Crippen molar-refractivity contribution in [3.8, 4) is 17.2 Å². The summed E-state index contributed by atoms with van der Waals surface area (Å²) < 4.78 is 51.9. The first-order valence-corrected chi connectivity index (χ1v) is 7.67. The van der Waals surface area contributed by atoms with Crippen LogP contribution in [-0.4, -0.2) is 18.9 Å². The molecule has 2 aromatic carbocycles. The molecule has 0 spiro atoms. The summed E-state index contributed by atoms with van der Waals surface area (Å²) in [6.07, 6.45) is -4.26. The summed E-state index contributed by atoms with van der Waals surface area (Å²) in [6.45, 7) is 4.01. The second-order valence-electron chi connectivity index (χ2n) is 4.96. The molecule has 0 radical (unpaired) electrons. The number of para-hydroxylation sites is 3. The van der Waals surface area contributed by atoms with Gasteiger partial charge in [-0.2, -0.15) is 0 Å². The zero-order valence-corrected chi connectivity index (χ0v) is 13.7. The van der Waals surface area contributed by atoms with E-state index >= 15 is 0 Å². The number of carbonyl (C=O) groups excluding carboxylic acids is 1. The molecular weight excluding hydrogens is 337 g/mol. The molecule has 0 N–H and O–H groups in total. The molecule has 0 fully saturated rings. The molecule has 2 aromatic rings. The Balaban J connectivity index is 2.32.